The van der Waals surface area contributed by atoms with E-state index in [4.69, 9.17) is 4.74 Å². The third-order valence-electron chi connectivity index (χ3n) is 5.01. The molecule has 4 rings (SSSR count). The number of aromatic amines is 1. The number of carbonyl (C=O) groups is 2. The predicted molar refractivity (Wildman–Crippen MR) is 111 cm³/mol. The van der Waals surface area contributed by atoms with Gasteiger partial charge in [0.2, 0.25) is 0 Å². The highest BCUT2D eigenvalue weighted by atomic mass is 16.5. The van der Waals surface area contributed by atoms with Gasteiger partial charge in [-0.1, -0.05) is 0 Å². The summed E-state index contributed by atoms with van der Waals surface area (Å²) in [4.78, 5) is 44.3. The molecule has 0 fully saturated rings. The first-order valence-electron chi connectivity index (χ1n) is 9.80. The first-order chi connectivity index (χ1) is 14.8. The van der Waals surface area contributed by atoms with Crippen molar-refractivity contribution < 1.29 is 14.3 Å². The lowest BCUT2D eigenvalue weighted by Gasteiger charge is -2.14. The molecule has 1 atom stereocenters. The second-order valence-corrected chi connectivity index (χ2v) is 7.26. The number of hydrogen-bond donors (Lipinski definition) is 2. The summed E-state index contributed by atoms with van der Waals surface area (Å²) in [6, 6.07) is 1.91. The topological polar surface area (TPSA) is 140 Å². The van der Waals surface area contributed by atoms with E-state index in [9.17, 15) is 9.59 Å². The van der Waals surface area contributed by atoms with Gasteiger partial charge in [0.25, 0.3) is 5.91 Å². The van der Waals surface area contributed by atoms with Crippen LogP contribution in [0.2, 0.25) is 0 Å². The van der Waals surface area contributed by atoms with Gasteiger partial charge in [0, 0.05) is 23.9 Å². The molecule has 1 amide bonds. The van der Waals surface area contributed by atoms with Crippen molar-refractivity contribution in [3.05, 3.63) is 41.4 Å². The Hall–Kier alpha value is -3.89. The molecule has 11 heteroatoms. The second-order valence-electron chi connectivity index (χ2n) is 7.26. The molecule has 0 spiro atoms. The maximum absolute atomic E-state index is 12.4. The van der Waals surface area contributed by atoms with E-state index in [0.717, 1.165) is 28.3 Å². The molecule has 2 N–H and O–H groups in total. The number of nitrogens with one attached hydrogen (secondary N) is 2. The van der Waals surface area contributed by atoms with Gasteiger partial charge in [0.15, 0.2) is 23.2 Å². The zero-order valence-corrected chi connectivity index (χ0v) is 17.6. The molecule has 0 bridgehead atoms. The van der Waals surface area contributed by atoms with Crippen LogP contribution in [0, 0.1) is 20.8 Å². The Balaban J connectivity index is 1.38. The Kier molecular flexibility index (Phi) is 5.32. The van der Waals surface area contributed by atoms with Crippen molar-refractivity contribution in [3.8, 4) is 0 Å². The maximum Gasteiger partial charge on any atom is 0.306 e. The lowest BCUT2D eigenvalue weighted by Crippen LogP contribution is -2.30. The van der Waals surface area contributed by atoms with Crippen molar-refractivity contribution in [1.82, 2.24) is 34.5 Å². The van der Waals surface area contributed by atoms with E-state index < -0.39 is 18.0 Å². The molecule has 0 aromatic carbocycles. The highest BCUT2D eigenvalue weighted by Gasteiger charge is 2.21. The summed E-state index contributed by atoms with van der Waals surface area (Å²) in [6.45, 7) is 7.27. The Bertz CT molecular complexity index is 1290. The Labute approximate surface area is 177 Å². The van der Waals surface area contributed by atoms with Crippen LogP contribution in [0.5, 0.6) is 0 Å². The number of rotatable bonds is 6. The third kappa shape index (κ3) is 4.06. The first kappa shape index (κ1) is 20.4. The van der Waals surface area contributed by atoms with E-state index in [0.29, 0.717) is 17.6 Å². The van der Waals surface area contributed by atoms with Crippen LogP contribution in [0.1, 0.15) is 36.0 Å². The summed E-state index contributed by atoms with van der Waals surface area (Å²) < 4.78 is 7.08. The molecular weight excluding hydrogens is 400 g/mol. The number of ether oxygens (including phenoxy) is 1. The highest BCUT2D eigenvalue weighted by molar-refractivity contribution is 5.99. The van der Waals surface area contributed by atoms with Gasteiger partial charge < -0.3 is 15.0 Å². The number of hydrogen-bond acceptors (Lipinski definition) is 8. The summed E-state index contributed by atoms with van der Waals surface area (Å²) >= 11 is 0. The smallest absolute Gasteiger partial charge is 0.306 e. The van der Waals surface area contributed by atoms with Gasteiger partial charge in [-0.2, -0.15) is 5.10 Å². The van der Waals surface area contributed by atoms with E-state index in [1.165, 1.54) is 19.6 Å². The molecule has 0 aliphatic carbocycles. The zero-order chi connectivity index (χ0) is 22.1. The first-order valence-corrected chi connectivity index (χ1v) is 9.80. The Morgan fingerprint density at radius 3 is 2.84 bits per heavy atom. The number of esters is 1. The van der Waals surface area contributed by atoms with Crippen LogP contribution in [-0.4, -0.2) is 52.5 Å². The fourth-order valence-corrected chi connectivity index (χ4v) is 3.42. The number of carbonyl (C=O) groups excluding carboxylic acids is 2. The zero-order valence-electron chi connectivity index (χ0n) is 17.6. The number of H-pyrrole nitrogens is 1. The van der Waals surface area contributed by atoms with Gasteiger partial charge in [-0.15, -0.1) is 0 Å². The summed E-state index contributed by atoms with van der Waals surface area (Å²) in [5.41, 5.74) is 5.29. The minimum absolute atomic E-state index is 0.116. The standard InChI is InChI=1S/C20H22N8O3/c1-10-7-15-25-11(2)14(12(3)28(15)27-10)5-6-16(29)31-13(4)20(30)26-19-17-18(22-8-21-17)23-9-24-19/h7-9,13H,5-6H2,1-4H3,(H2,21,22,23,24,26,30)/t13-/m1/s1. The predicted octanol–water partition coefficient (Wildman–Crippen LogP) is 1.82. The quantitative estimate of drug-likeness (QED) is 0.449. The van der Waals surface area contributed by atoms with Gasteiger partial charge in [-0.3, -0.25) is 9.59 Å². The van der Waals surface area contributed by atoms with Crippen molar-refractivity contribution in [3.63, 3.8) is 0 Å². The molecular formula is C20H22N8O3. The van der Waals surface area contributed by atoms with Crippen LogP contribution < -0.4 is 5.32 Å². The van der Waals surface area contributed by atoms with Crippen LogP contribution in [0.3, 0.4) is 0 Å². The van der Waals surface area contributed by atoms with Gasteiger partial charge in [-0.05, 0) is 39.7 Å². The minimum atomic E-state index is -0.989. The molecule has 0 aliphatic rings. The van der Waals surface area contributed by atoms with Crippen LogP contribution in [0.25, 0.3) is 16.8 Å². The fourth-order valence-electron chi connectivity index (χ4n) is 3.42. The van der Waals surface area contributed by atoms with Gasteiger partial charge >= 0.3 is 5.97 Å². The van der Waals surface area contributed by atoms with Crippen molar-refractivity contribution in [2.24, 2.45) is 0 Å². The van der Waals surface area contributed by atoms with Gasteiger partial charge in [0.1, 0.15) is 11.8 Å². The second kappa shape index (κ2) is 8.09. The lowest BCUT2D eigenvalue weighted by atomic mass is 10.1. The summed E-state index contributed by atoms with van der Waals surface area (Å²) in [7, 11) is 0. The summed E-state index contributed by atoms with van der Waals surface area (Å²) in [5, 5.41) is 7.07. The number of aryl methyl sites for hydroxylation is 3. The molecule has 31 heavy (non-hydrogen) atoms. The molecule has 0 aliphatic heterocycles. The monoisotopic (exact) mass is 422 g/mol. The molecule has 4 heterocycles. The Morgan fingerprint density at radius 1 is 1.23 bits per heavy atom. The lowest BCUT2D eigenvalue weighted by molar-refractivity contribution is -0.153. The number of fused-ring (bicyclic) bond motifs is 2. The van der Waals surface area contributed by atoms with Crippen molar-refractivity contribution in [2.75, 3.05) is 5.32 Å². The van der Waals surface area contributed by atoms with Crippen LogP contribution in [-0.2, 0) is 20.7 Å². The van der Waals surface area contributed by atoms with Crippen LogP contribution in [0.15, 0.2) is 18.7 Å². The average Bonchev–Trinajstić information content (AvgIpc) is 3.34. The molecule has 11 nitrogen and oxygen atoms in total. The Morgan fingerprint density at radius 2 is 2.03 bits per heavy atom. The third-order valence-corrected chi connectivity index (χ3v) is 5.01. The van der Waals surface area contributed by atoms with E-state index in [1.807, 2.05) is 26.8 Å². The van der Waals surface area contributed by atoms with Crippen LogP contribution >= 0.6 is 0 Å². The minimum Gasteiger partial charge on any atom is -0.453 e. The van der Waals surface area contributed by atoms with E-state index in [-0.39, 0.29) is 12.2 Å². The number of amides is 1. The van der Waals surface area contributed by atoms with Gasteiger partial charge in [0.05, 0.1) is 12.0 Å². The van der Waals surface area contributed by atoms with E-state index in [2.05, 4.69) is 35.3 Å². The molecule has 4 aromatic heterocycles. The largest absolute Gasteiger partial charge is 0.453 e. The van der Waals surface area contributed by atoms with Crippen LogP contribution in [0.4, 0.5) is 5.82 Å². The van der Waals surface area contributed by atoms with Crippen molar-refractivity contribution >= 4 is 34.5 Å². The molecule has 0 saturated heterocycles. The normalized spacial score (nSPS) is 12.3. The number of imidazole rings is 1. The molecule has 0 unspecified atom stereocenters. The number of anilines is 1. The number of nitrogens with zero attached hydrogens (tertiary/aromatic N) is 6. The molecule has 0 radical (unpaired) electrons. The number of aromatic nitrogens is 7. The molecule has 160 valence electrons. The van der Waals surface area contributed by atoms with Gasteiger partial charge in [-0.25, -0.2) is 24.5 Å². The fraction of sp³-hybridized carbons (Fsp3) is 0.350. The van der Waals surface area contributed by atoms with E-state index >= 15 is 0 Å². The summed E-state index contributed by atoms with van der Waals surface area (Å²) in [6.07, 6.45) is 2.32. The van der Waals surface area contributed by atoms with Crippen molar-refractivity contribution in [1.29, 1.82) is 0 Å². The highest BCUT2D eigenvalue weighted by Crippen LogP contribution is 2.18. The maximum atomic E-state index is 12.4. The molecule has 4 aromatic rings. The summed E-state index contributed by atoms with van der Waals surface area (Å²) in [5.74, 6) is -0.700. The SMILES string of the molecule is Cc1cc2nc(C)c(CCC(=O)O[C@H](C)C(=O)Nc3ncnc4nc[nH]c34)c(C)n2n1. The van der Waals surface area contributed by atoms with E-state index in [1.54, 1.807) is 4.52 Å². The average molecular weight is 422 g/mol. The molecule has 0 saturated carbocycles. The van der Waals surface area contributed by atoms with Crippen molar-refractivity contribution in [2.45, 2.75) is 46.6 Å².